The number of amides is 2. The SMILES string of the molecule is O=C(NCC(F)(F)F)Nc1nnc(C(F)F)s1. The molecule has 17 heavy (non-hydrogen) atoms. The molecule has 96 valence electrons. The van der Waals surface area contributed by atoms with Crippen LogP contribution in [0.4, 0.5) is 31.9 Å². The summed E-state index contributed by atoms with van der Waals surface area (Å²) in [5.74, 6) is 0. The van der Waals surface area contributed by atoms with Crippen molar-refractivity contribution in [1.29, 1.82) is 0 Å². The number of rotatable bonds is 3. The fourth-order valence-electron chi connectivity index (χ4n) is 0.695. The molecule has 1 aromatic heterocycles. The number of halogens is 5. The molecule has 0 fully saturated rings. The van der Waals surface area contributed by atoms with E-state index in [9.17, 15) is 26.7 Å². The van der Waals surface area contributed by atoms with Crippen LogP contribution in [-0.4, -0.2) is 28.9 Å². The lowest BCUT2D eigenvalue weighted by atomic mass is 10.6. The Hall–Kier alpha value is -1.52. The number of anilines is 1. The van der Waals surface area contributed by atoms with Gasteiger partial charge < -0.3 is 5.32 Å². The van der Waals surface area contributed by atoms with Crippen LogP contribution in [0.15, 0.2) is 0 Å². The summed E-state index contributed by atoms with van der Waals surface area (Å²) in [5.41, 5.74) is 0. The van der Waals surface area contributed by atoms with Gasteiger partial charge in [-0.15, -0.1) is 10.2 Å². The second-order valence-electron chi connectivity index (χ2n) is 2.67. The molecule has 1 rings (SSSR count). The third kappa shape index (κ3) is 4.89. The minimum absolute atomic E-state index is 0.306. The van der Waals surface area contributed by atoms with Gasteiger partial charge in [-0.2, -0.15) is 13.2 Å². The van der Waals surface area contributed by atoms with E-state index in [1.807, 2.05) is 5.32 Å². The number of alkyl halides is 5. The number of hydrogen-bond acceptors (Lipinski definition) is 4. The molecule has 0 unspecified atom stereocenters. The second kappa shape index (κ2) is 5.21. The Morgan fingerprint density at radius 3 is 2.47 bits per heavy atom. The molecule has 0 atom stereocenters. The summed E-state index contributed by atoms with van der Waals surface area (Å²) in [6.07, 6.45) is -7.40. The van der Waals surface area contributed by atoms with E-state index in [1.165, 1.54) is 5.32 Å². The van der Waals surface area contributed by atoms with Gasteiger partial charge in [0.05, 0.1) is 0 Å². The van der Waals surface area contributed by atoms with Crippen molar-refractivity contribution in [3.63, 3.8) is 0 Å². The Labute approximate surface area is 95.0 Å². The van der Waals surface area contributed by atoms with Gasteiger partial charge in [0.2, 0.25) is 5.13 Å². The second-order valence-corrected chi connectivity index (χ2v) is 3.68. The van der Waals surface area contributed by atoms with Gasteiger partial charge in [-0.1, -0.05) is 11.3 Å². The number of hydrogen-bond donors (Lipinski definition) is 2. The van der Waals surface area contributed by atoms with Crippen LogP contribution < -0.4 is 10.6 Å². The summed E-state index contributed by atoms with van der Waals surface area (Å²) in [4.78, 5) is 10.9. The van der Waals surface area contributed by atoms with Gasteiger partial charge in [0.25, 0.3) is 6.43 Å². The van der Waals surface area contributed by atoms with E-state index in [2.05, 4.69) is 10.2 Å². The van der Waals surface area contributed by atoms with E-state index >= 15 is 0 Å². The fraction of sp³-hybridized carbons (Fsp3) is 0.500. The molecule has 0 saturated heterocycles. The highest BCUT2D eigenvalue weighted by atomic mass is 32.1. The highest BCUT2D eigenvalue weighted by Crippen LogP contribution is 2.24. The molecule has 11 heteroatoms. The standard InChI is InChI=1S/C6H5F5N4OS/c7-2(8)3-14-15-5(17-3)13-4(16)12-1-6(9,10)11/h2H,1H2,(H2,12,13,15,16). The summed E-state index contributed by atoms with van der Waals surface area (Å²) in [6.45, 7) is -1.53. The van der Waals surface area contributed by atoms with Crippen LogP contribution in [0.1, 0.15) is 11.4 Å². The average Bonchev–Trinajstić information content (AvgIpc) is 2.62. The molecule has 0 spiro atoms. The van der Waals surface area contributed by atoms with Gasteiger partial charge >= 0.3 is 12.2 Å². The van der Waals surface area contributed by atoms with Crippen LogP contribution in [0.2, 0.25) is 0 Å². The number of carbonyl (C=O) groups is 1. The summed E-state index contributed by atoms with van der Waals surface area (Å²) >= 11 is 0.377. The van der Waals surface area contributed by atoms with Crippen molar-refractivity contribution < 1.29 is 26.7 Å². The predicted molar refractivity (Wildman–Crippen MR) is 47.9 cm³/mol. The topological polar surface area (TPSA) is 66.9 Å². The first-order valence-corrected chi connectivity index (χ1v) is 4.83. The molecule has 0 aliphatic carbocycles. The van der Waals surface area contributed by atoms with Crippen molar-refractivity contribution in [2.75, 3.05) is 11.9 Å². The molecule has 0 aliphatic heterocycles. The smallest absolute Gasteiger partial charge is 0.329 e. The van der Waals surface area contributed by atoms with Crippen molar-refractivity contribution in [2.24, 2.45) is 0 Å². The Morgan fingerprint density at radius 2 is 2.00 bits per heavy atom. The molecule has 2 N–H and O–H groups in total. The first-order valence-electron chi connectivity index (χ1n) is 4.01. The zero-order chi connectivity index (χ0) is 13.1. The van der Waals surface area contributed by atoms with E-state index in [1.54, 1.807) is 0 Å². The lowest BCUT2D eigenvalue weighted by molar-refractivity contribution is -0.122. The summed E-state index contributed by atoms with van der Waals surface area (Å²) < 4.78 is 59.2. The van der Waals surface area contributed by atoms with Gasteiger partial charge in [-0.25, -0.2) is 13.6 Å². The normalized spacial score (nSPS) is 11.6. The maximum Gasteiger partial charge on any atom is 0.405 e. The van der Waals surface area contributed by atoms with Crippen LogP contribution in [0, 0.1) is 0 Å². The molecule has 0 bridgehead atoms. The van der Waals surface area contributed by atoms with E-state index in [0.29, 0.717) is 11.3 Å². The highest BCUT2D eigenvalue weighted by molar-refractivity contribution is 7.15. The number of carbonyl (C=O) groups excluding carboxylic acids is 1. The Kier molecular flexibility index (Phi) is 4.15. The molecule has 0 radical (unpaired) electrons. The van der Waals surface area contributed by atoms with Crippen LogP contribution in [0.25, 0.3) is 0 Å². The quantitative estimate of drug-likeness (QED) is 0.831. The van der Waals surface area contributed by atoms with Gasteiger partial charge in [0, 0.05) is 0 Å². The molecule has 2 amide bonds. The van der Waals surface area contributed by atoms with E-state index in [4.69, 9.17) is 0 Å². The Balaban J connectivity index is 2.45. The molecular weight excluding hydrogens is 271 g/mol. The van der Waals surface area contributed by atoms with Crippen LogP contribution in [0.5, 0.6) is 0 Å². The van der Waals surface area contributed by atoms with Crippen molar-refractivity contribution in [1.82, 2.24) is 15.5 Å². The summed E-state index contributed by atoms with van der Waals surface area (Å²) in [5, 5.41) is 8.59. The van der Waals surface area contributed by atoms with Crippen molar-refractivity contribution in [3.05, 3.63) is 5.01 Å². The van der Waals surface area contributed by atoms with Crippen LogP contribution in [-0.2, 0) is 0 Å². The number of nitrogens with one attached hydrogen (secondary N) is 2. The minimum Gasteiger partial charge on any atom is -0.329 e. The largest absolute Gasteiger partial charge is 0.405 e. The third-order valence-electron chi connectivity index (χ3n) is 1.30. The van der Waals surface area contributed by atoms with Gasteiger partial charge in [-0.3, -0.25) is 5.32 Å². The Morgan fingerprint density at radius 1 is 1.35 bits per heavy atom. The molecular formula is C6H5F5N4OS. The first-order chi connectivity index (χ1) is 7.78. The minimum atomic E-state index is -4.55. The molecule has 0 aromatic carbocycles. The van der Waals surface area contributed by atoms with Gasteiger partial charge in [-0.05, 0) is 0 Å². The van der Waals surface area contributed by atoms with Crippen molar-refractivity contribution in [3.8, 4) is 0 Å². The van der Waals surface area contributed by atoms with E-state index in [0.717, 1.165) is 0 Å². The average molecular weight is 276 g/mol. The van der Waals surface area contributed by atoms with Crippen molar-refractivity contribution in [2.45, 2.75) is 12.6 Å². The van der Waals surface area contributed by atoms with Crippen LogP contribution in [0.3, 0.4) is 0 Å². The number of urea groups is 1. The zero-order valence-electron chi connectivity index (χ0n) is 7.89. The molecule has 1 heterocycles. The zero-order valence-corrected chi connectivity index (χ0v) is 8.70. The molecule has 0 saturated carbocycles. The number of nitrogens with zero attached hydrogens (tertiary/aromatic N) is 2. The van der Waals surface area contributed by atoms with Gasteiger partial charge in [0.1, 0.15) is 6.54 Å². The molecule has 0 aliphatic rings. The monoisotopic (exact) mass is 276 g/mol. The van der Waals surface area contributed by atoms with E-state index in [-0.39, 0.29) is 5.13 Å². The summed E-state index contributed by atoms with van der Waals surface area (Å²) in [6, 6.07) is -1.20. The maximum absolute atomic E-state index is 12.1. The fourth-order valence-corrected chi connectivity index (χ4v) is 1.29. The van der Waals surface area contributed by atoms with Crippen LogP contribution >= 0.6 is 11.3 Å². The molecule has 5 nitrogen and oxygen atoms in total. The third-order valence-corrected chi connectivity index (χ3v) is 2.14. The number of aromatic nitrogens is 2. The molecule has 1 aromatic rings. The summed E-state index contributed by atoms with van der Waals surface area (Å²) in [7, 11) is 0. The maximum atomic E-state index is 12.1. The predicted octanol–water partition coefficient (Wildman–Crippen LogP) is 2.16. The lowest BCUT2D eigenvalue weighted by Crippen LogP contribution is -2.36. The Bertz CT molecular complexity index is 392. The van der Waals surface area contributed by atoms with Crippen molar-refractivity contribution >= 4 is 22.5 Å². The van der Waals surface area contributed by atoms with Gasteiger partial charge in [0.15, 0.2) is 5.01 Å². The lowest BCUT2D eigenvalue weighted by Gasteiger charge is -2.07. The van der Waals surface area contributed by atoms with E-state index < -0.39 is 30.2 Å². The first kappa shape index (κ1) is 13.5. The highest BCUT2D eigenvalue weighted by Gasteiger charge is 2.27.